The first kappa shape index (κ1) is 26.8. The SMILES string of the molecule is CCN(C=O)/C(CO)=N\N(C)c1cc2c(C(C)C(F)(F)F)nn(-c3ccccc3C)c(=O)c2cc1F. The number of anilines is 1. The normalized spacial score (nSPS) is 13.1. The van der Waals surface area contributed by atoms with Gasteiger partial charge in [0.1, 0.15) is 12.4 Å². The molecule has 0 fully saturated rings. The van der Waals surface area contributed by atoms with Crippen molar-refractivity contribution in [3.63, 3.8) is 0 Å². The summed E-state index contributed by atoms with van der Waals surface area (Å²) in [6, 6.07) is 8.44. The van der Waals surface area contributed by atoms with Crippen molar-refractivity contribution in [3.8, 4) is 5.69 Å². The number of hydrogen-bond acceptors (Lipinski definition) is 6. The molecule has 0 saturated carbocycles. The minimum Gasteiger partial charge on any atom is -0.388 e. The third-order valence-electron chi connectivity index (χ3n) is 5.79. The molecule has 0 aliphatic carbocycles. The summed E-state index contributed by atoms with van der Waals surface area (Å²) in [4.78, 5) is 25.6. The van der Waals surface area contributed by atoms with E-state index in [1.807, 2.05) is 0 Å². The molecule has 1 amide bonds. The molecule has 8 nitrogen and oxygen atoms in total. The lowest BCUT2D eigenvalue weighted by atomic mass is 10.00. The molecule has 192 valence electrons. The van der Waals surface area contributed by atoms with Crippen LogP contribution in [0.25, 0.3) is 16.5 Å². The van der Waals surface area contributed by atoms with E-state index in [9.17, 15) is 27.9 Å². The lowest BCUT2D eigenvalue weighted by molar-refractivity contribution is -0.147. The first-order valence-corrected chi connectivity index (χ1v) is 11.0. The van der Waals surface area contributed by atoms with E-state index < -0.39 is 35.8 Å². The van der Waals surface area contributed by atoms with Gasteiger partial charge in [-0.15, -0.1) is 0 Å². The highest BCUT2D eigenvalue weighted by atomic mass is 19.4. The number of fused-ring (bicyclic) bond motifs is 1. The number of hydrazone groups is 1. The highest BCUT2D eigenvalue weighted by Crippen LogP contribution is 2.37. The Morgan fingerprint density at radius 2 is 1.92 bits per heavy atom. The van der Waals surface area contributed by atoms with Crippen molar-refractivity contribution >= 4 is 28.7 Å². The predicted molar refractivity (Wildman–Crippen MR) is 128 cm³/mol. The predicted octanol–water partition coefficient (Wildman–Crippen LogP) is 3.72. The minimum atomic E-state index is -4.69. The summed E-state index contributed by atoms with van der Waals surface area (Å²) in [6.07, 6.45) is -4.26. The fourth-order valence-corrected chi connectivity index (χ4v) is 3.68. The van der Waals surface area contributed by atoms with Gasteiger partial charge in [0, 0.05) is 19.0 Å². The Bertz CT molecular complexity index is 1370. The molecule has 36 heavy (non-hydrogen) atoms. The average molecular weight is 507 g/mol. The molecule has 1 N–H and O–H groups in total. The Hall–Kier alpha value is -3.80. The zero-order chi connectivity index (χ0) is 26.8. The van der Waals surface area contributed by atoms with Crippen LogP contribution >= 0.6 is 0 Å². The van der Waals surface area contributed by atoms with Crippen molar-refractivity contribution in [3.05, 3.63) is 63.8 Å². The number of hydrogen-bond donors (Lipinski definition) is 1. The lowest BCUT2D eigenvalue weighted by Gasteiger charge is -2.22. The maximum atomic E-state index is 15.2. The second-order valence-corrected chi connectivity index (χ2v) is 8.09. The number of nitrogens with zero attached hydrogens (tertiary/aromatic N) is 5. The lowest BCUT2D eigenvalue weighted by Crippen LogP contribution is -2.34. The summed E-state index contributed by atoms with van der Waals surface area (Å²) < 4.78 is 57.5. The molecule has 1 atom stereocenters. The fraction of sp³-hybridized carbons (Fsp3) is 0.333. The fourth-order valence-electron chi connectivity index (χ4n) is 3.68. The van der Waals surface area contributed by atoms with E-state index in [1.54, 1.807) is 32.0 Å². The van der Waals surface area contributed by atoms with Gasteiger partial charge in [0.25, 0.3) is 5.56 Å². The van der Waals surface area contributed by atoms with Gasteiger partial charge in [0.05, 0.1) is 28.4 Å². The summed E-state index contributed by atoms with van der Waals surface area (Å²) in [7, 11) is 1.30. The van der Waals surface area contributed by atoms with Crippen molar-refractivity contribution in [1.29, 1.82) is 0 Å². The van der Waals surface area contributed by atoms with E-state index in [0.717, 1.165) is 33.6 Å². The standard InChI is InChI=1S/C24H25F4N5O3/c1-5-32(13-35)21(12-34)29-31(4)20-11-16-17(10-18(20)25)23(36)33(19-9-7-6-8-14(19)2)30-22(16)15(3)24(26,27)28/h6-11,13,15,34H,5,12H2,1-4H3/b29-21-. The Morgan fingerprint density at radius 1 is 1.25 bits per heavy atom. The number of para-hydroxylation sites is 1. The minimum absolute atomic E-state index is 0.105. The molecule has 1 aromatic heterocycles. The molecule has 0 aliphatic heterocycles. The number of amides is 1. The smallest absolute Gasteiger partial charge is 0.388 e. The van der Waals surface area contributed by atoms with E-state index in [4.69, 9.17) is 0 Å². The molecule has 2 aromatic carbocycles. The molecular formula is C24H25F4N5O3. The van der Waals surface area contributed by atoms with Crippen molar-refractivity contribution in [2.24, 2.45) is 5.10 Å². The van der Waals surface area contributed by atoms with Crippen LogP contribution in [0.3, 0.4) is 0 Å². The van der Waals surface area contributed by atoms with Gasteiger partial charge in [0.2, 0.25) is 6.41 Å². The molecule has 0 spiro atoms. The van der Waals surface area contributed by atoms with Crippen LogP contribution in [0.4, 0.5) is 23.2 Å². The zero-order valence-electron chi connectivity index (χ0n) is 20.0. The number of aliphatic hydroxyl groups is 1. The quantitative estimate of drug-likeness (QED) is 0.173. The summed E-state index contributed by atoms with van der Waals surface area (Å²) in [5.41, 5.74) is -0.670. The average Bonchev–Trinajstić information content (AvgIpc) is 2.83. The molecule has 0 aliphatic rings. The summed E-state index contributed by atoms with van der Waals surface area (Å²) in [5.74, 6) is -3.13. The van der Waals surface area contributed by atoms with Gasteiger partial charge in [0.15, 0.2) is 5.84 Å². The second kappa shape index (κ2) is 10.4. The Kier molecular flexibility index (Phi) is 7.77. The molecule has 3 aromatic rings. The molecule has 0 saturated heterocycles. The first-order valence-electron chi connectivity index (χ1n) is 11.0. The van der Waals surface area contributed by atoms with E-state index in [-0.39, 0.29) is 34.5 Å². The highest BCUT2D eigenvalue weighted by molar-refractivity contribution is 5.92. The van der Waals surface area contributed by atoms with Gasteiger partial charge in [-0.3, -0.25) is 19.5 Å². The molecule has 0 radical (unpaired) electrons. The number of aryl methyl sites for hydroxylation is 1. The van der Waals surface area contributed by atoms with Gasteiger partial charge in [-0.25, -0.2) is 4.39 Å². The Balaban J connectivity index is 2.33. The Labute approximate surface area is 204 Å². The van der Waals surface area contributed by atoms with E-state index in [0.29, 0.717) is 12.0 Å². The number of aliphatic hydroxyl groups excluding tert-OH is 1. The topological polar surface area (TPSA) is 91.0 Å². The van der Waals surface area contributed by atoms with Crippen LogP contribution in [0, 0.1) is 12.7 Å². The zero-order valence-corrected chi connectivity index (χ0v) is 20.0. The number of rotatable bonds is 7. The van der Waals surface area contributed by atoms with Crippen molar-refractivity contribution in [2.45, 2.75) is 32.9 Å². The van der Waals surface area contributed by atoms with Crippen LogP contribution < -0.4 is 10.6 Å². The number of benzene rings is 2. The maximum Gasteiger partial charge on any atom is 0.397 e. The van der Waals surface area contributed by atoms with E-state index >= 15 is 4.39 Å². The maximum absolute atomic E-state index is 15.2. The molecule has 0 bridgehead atoms. The van der Waals surface area contributed by atoms with Crippen molar-refractivity contribution in [1.82, 2.24) is 14.7 Å². The number of aromatic nitrogens is 2. The summed E-state index contributed by atoms with van der Waals surface area (Å²) in [5, 5.41) is 18.2. The molecule has 12 heteroatoms. The summed E-state index contributed by atoms with van der Waals surface area (Å²) >= 11 is 0. The third kappa shape index (κ3) is 5.08. The Morgan fingerprint density at radius 3 is 2.47 bits per heavy atom. The highest BCUT2D eigenvalue weighted by Gasteiger charge is 2.40. The van der Waals surface area contributed by atoms with Crippen molar-refractivity contribution < 1.29 is 27.5 Å². The van der Waals surface area contributed by atoms with Crippen LogP contribution in [0.2, 0.25) is 0 Å². The van der Waals surface area contributed by atoms with Crippen molar-refractivity contribution in [2.75, 3.05) is 25.2 Å². The molecule has 1 heterocycles. The molecule has 3 rings (SSSR count). The summed E-state index contributed by atoms with van der Waals surface area (Å²) in [6.45, 7) is 3.74. The van der Waals surface area contributed by atoms with Gasteiger partial charge >= 0.3 is 6.18 Å². The number of carbonyl (C=O) groups is 1. The van der Waals surface area contributed by atoms with Crippen LogP contribution in [-0.2, 0) is 4.79 Å². The number of halogens is 4. The second-order valence-electron chi connectivity index (χ2n) is 8.09. The van der Waals surface area contributed by atoms with Crippen LogP contribution in [0.15, 0.2) is 46.3 Å². The molecule has 1 unspecified atom stereocenters. The van der Waals surface area contributed by atoms with Crippen LogP contribution in [0.1, 0.15) is 31.0 Å². The van der Waals surface area contributed by atoms with Gasteiger partial charge < -0.3 is 5.11 Å². The monoisotopic (exact) mass is 507 g/mol. The van der Waals surface area contributed by atoms with Gasteiger partial charge in [-0.05, 0) is 44.5 Å². The first-order chi connectivity index (χ1) is 16.9. The number of likely N-dealkylation sites (N-methyl/N-ethyl adjacent to an activating group) is 1. The van der Waals surface area contributed by atoms with E-state index in [2.05, 4.69) is 10.2 Å². The third-order valence-corrected chi connectivity index (χ3v) is 5.79. The largest absolute Gasteiger partial charge is 0.397 e. The molecular weight excluding hydrogens is 482 g/mol. The van der Waals surface area contributed by atoms with Crippen LogP contribution in [0.5, 0.6) is 0 Å². The number of carbonyl (C=O) groups excluding carboxylic acids is 1. The number of amidine groups is 1. The van der Waals surface area contributed by atoms with Gasteiger partial charge in [-0.1, -0.05) is 18.2 Å². The number of alkyl halides is 3. The van der Waals surface area contributed by atoms with Gasteiger partial charge in [-0.2, -0.15) is 28.1 Å². The van der Waals surface area contributed by atoms with Crippen LogP contribution in [-0.4, -0.2) is 58.4 Å². The van der Waals surface area contributed by atoms with E-state index in [1.165, 1.54) is 13.1 Å².